The standard InChI is InChI=1S/C72H134NO8P/c1-6-8-10-12-14-16-18-20-22-24-25-26-27-28-29-30-31-32-33-34-35-36-37-38-39-40-41-42-43-44-45-46-47-49-50-52-54-56-58-60-62-64-71(74)78-68-70(69-80-82(76,77)79-67-66-73(3,4)5)81-72(75)65-63-61-59-57-55-53-51-48-23-21-19-17-15-13-11-9-7-2/h9,11,15,17,21,23,51,53,57,59,70H,6-8,10,12-14,16,18-20,22,24-50,52,54-56,58,60-69H2,1-5H3/b11-9-,17-15-,23-21-,53-51-,59-57-. The molecule has 0 aromatic heterocycles. The number of phosphoric ester groups is 1. The molecule has 0 bridgehead atoms. The molecule has 9 nitrogen and oxygen atoms in total. The van der Waals surface area contributed by atoms with Gasteiger partial charge in [0.2, 0.25) is 0 Å². The lowest BCUT2D eigenvalue weighted by molar-refractivity contribution is -0.870. The summed E-state index contributed by atoms with van der Waals surface area (Å²) >= 11 is 0. The van der Waals surface area contributed by atoms with Crippen LogP contribution >= 0.6 is 7.82 Å². The van der Waals surface area contributed by atoms with Crippen molar-refractivity contribution >= 4 is 19.8 Å². The van der Waals surface area contributed by atoms with Gasteiger partial charge >= 0.3 is 11.9 Å². The molecule has 0 saturated carbocycles. The van der Waals surface area contributed by atoms with Gasteiger partial charge in [0, 0.05) is 12.8 Å². The highest BCUT2D eigenvalue weighted by molar-refractivity contribution is 7.45. The number of carbonyl (C=O) groups excluding carboxylic acids is 2. The molecule has 0 aromatic carbocycles. The van der Waals surface area contributed by atoms with E-state index in [9.17, 15) is 19.0 Å². The van der Waals surface area contributed by atoms with Crippen LogP contribution in [0.1, 0.15) is 335 Å². The summed E-state index contributed by atoms with van der Waals surface area (Å²) < 4.78 is 34.1. The largest absolute Gasteiger partial charge is 0.756 e. The zero-order valence-electron chi connectivity index (χ0n) is 54.7. The molecule has 0 spiro atoms. The lowest BCUT2D eigenvalue weighted by atomic mass is 10.0. The first kappa shape index (κ1) is 79.7. The molecule has 10 heteroatoms. The van der Waals surface area contributed by atoms with Crippen LogP contribution < -0.4 is 4.89 Å². The molecule has 480 valence electrons. The second-order valence-electron chi connectivity index (χ2n) is 24.9. The fourth-order valence-corrected chi connectivity index (χ4v) is 11.0. The van der Waals surface area contributed by atoms with Crippen molar-refractivity contribution in [3.05, 3.63) is 60.8 Å². The first-order chi connectivity index (χ1) is 40.0. The third kappa shape index (κ3) is 66.8. The first-order valence-corrected chi connectivity index (χ1v) is 36.5. The van der Waals surface area contributed by atoms with Crippen molar-refractivity contribution in [2.75, 3.05) is 47.5 Å². The molecule has 82 heavy (non-hydrogen) atoms. The van der Waals surface area contributed by atoms with Gasteiger partial charge in [-0.1, -0.05) is 331 Å². The highest BCUT2D eigenvalue weighted by Gasteiger charge is 2.22. The maximum Gasteiger partial charge on any atom is 0.306 e. The van der Waals surface area contributed by atoms with E-state index in [1.807, 2.05) is 27.2 Å². The number of hydrogen-bond donors (Lipinski definition) is 0. The van der Waals surface area contributed by atoms with E-state index < -0.39 is 32.5 Å². The second kappa shape index (κ2) is 63.2. The van der Waals surface area contributed by atoms with E-state index in [1.54, 1.807) is 0 Å². The van der Waals surface area contributed by atoms with E-state index in [2.05, 4.69) is 68.5 Å². The average Bonchev–Trinajstić information content (AvgIpc) is 3.46. The number of esters is 2. The van der Waals surface area contributed by atoms with Crippen LogP contribution in [0.15, 0.2) is 60.8 Å². The van der Waals surface area contributed by atoms with Crippen LogP contribution in [-0.2, 0) is 32.7 Å². The lowest BCUT2D eigenvalue weighted by Crippen LogP contribution is -2.37. The van der Waals surface area contributed by atoms with Crippen molar-refractivity contribution in [3.63, 3.8) is 0 Å². The molecule has 0 aromatic rings. The number of allylic oxidation sites excluding steroid dienone is 10. The molecular weight excluding hydrogens is 1040 g/mol. The summed E-state index contributed by atoms with van der Waals surface area (Å²) in [5.74, 6) is -0.892. The highest BCUT2D eigenvalue weighted by Crippen LogP contribution is 2.38. The van der Waals surface area contributed by atoms with E-state index in [1.165, 1.54) is 244 Å². The van der Waals surface area contributed by atoms with E-state index in [0.29, 0.717) is 23.9 Å². The van der Waals surface area contributed by atoms with Crippen molar-refractivity contribution in [2.24, 2.45) is 0 Å². The summed E-state index contributed by atoms with van der Waals surface area (Å²) in [5, 5.41) is 0. The second-order valence-corrected chi connectivity index (χ2v) is 26.3. The molecule has 0 fully saturated rings. The summed E-state index contributed by atoms with van der Waals surface area (Å²) in [4.78, 5) is 37.9. The number of likely N-dealkylation sites (N-methyl/N-ethyl adjacent to an activating group) is 1. The minimum absolute atomic E-state index is 0.0423. The Morgan fingerprint density at radius 1 is 0.390 bits per heavy atom. The Kier molecular flexibility index (Phi) is 61.5. The summed E-state index contributed by atoms with van der Waals surface area (Å²) in [6.45, 7) is 4.10. The van der Waals surface area contributed by atoms with Crippen LogP contribution in [0.25, 0.3) is 0 Å². The van der Waals surface area contributed by atoms with Gasteiger partial charge in [-0.05, 0) is 51.4 Å². The summed E-state index contributed by atoms with van der Waals surface area (Å²) in [6, 6.07) is 0. The molecule has 0 heterocycles. The third-order valence-electron chi connectivity index (χ3n) is 15.6. The van der Waals surface area contributed by atoms with Gasteiger partial charge in [0.25, 0.3) is 7.82 Å². The number of carbonyl (C=O) groups is 2. The fraction of sp³-hybridized carbons (Fsp3) is 0.833. The predicted octanol–water partition coefficient (Wildman–Crippen LogP) is 22.0. The Hall–Kier alpha value is -2.29. The topological polar surface area (TPSA) is 111 Å². The molecule has 0 amide bonds. The highest BCUT2D eigenvalue weighted by atomic mass is 31.2. The monoisotopic (exact) mass is 1170 g/mol. The smallest absolute Gasteiger partial charge is 0.306 e. The number of rotatable bonds is 65. The number of unbranched alkanes of at least 4 members (excludes halogenated alkanes) is 41. The van der Waals surface area contributed by atoms with Gasteiger partial charge in [-0.2, -0.15) is 0 Å². The van der Waals surface area contributed by atoms with E-state index in [0.717, 1.165) is 51.4 Å². The Morgan fingerprint density at radius 3 is 1.02 bits per heavy atom. The molecule has 0 rings (SSSR count). The van der Waals surface area contributed by atoms with Crippen molar-refractivity contribution in [2.45, 2.75) is 341 Å². The quantitative estimate of drug-likeness (QED) is 0.0195. The van der Waals surface area contributed by atoms with Crippen molar-refractivity contribution in [3.8, 4) is 0 Å². The van der Waals surface area contributed by atoms with Crippen LogP contribution in [0.2, 0.25) is 0 Å². The van der Waals surface area contributed by atoms with Crippen molar-refractivity contribution in [1.29, 1.82) is 0 Å². The molecule has 2 unspecified atom stereocenters. The van der Waals surface area contributed by atoms with Crippen LogP contribution in [0.4, 0.5) is 0 Å². The molecule has 0 aliphatic carbocycles. The third-order valence-corrected chi connectivity index (χ3v) is 16.5. The molecule has 0 radical (unpaired) electrons. The van der Waals surface area contributed by atoms with Gasteiger partial charge in [-0.15, -0.1) is 0 Å². The van der Waals surface area contributed by atoms with Crippen molar-refractivity contribution in [1.82, 2.24) is 0 Å². The zero-order chi connectivity index (χ0) is 59.8. The van der Waals surface area contributed by atoms with Gasteiger partial charge in [0.15, 0.2) is 6.10 Å². The van der Waals surface area contributed by atoms with E-state index >= 15 is 0 Å². The summed E-state index contributed by atoms with van der Waals surface area (Å²) in [6.07, 6.45) is 83.6. The lowest BCUT2D eigenvalue weighted by Gasteiger charge is -2.28. The maximum atomic E-state index is 12.8. The molecule has 0 aliphatic heterocycles. The van der Waals surface area contributed by atoms with Gasteiger partial charge in [0.1, 0.15) is 19.8 Å². The number of hydrogen-bond acceptors (Lipinski definition) is 8. The average molecular weight is 1170 g/mol. The van der Waals surface area contributed by atoms with Gasteiger partial charge in [-0.25, -0.2) is 0 Å². The minimum Gasteiger partial charge on any atom is -0.756 e. The molecule has 0 saturated heterocycles. The zero-order valence-corrected chi connectivity index (χ0v) is 55.6. The van der Waals surface area contributed by atoms with E-state index in [-0.39, 0.29) is 26.1 Å². The molecule has 2 atom stereocenters. The predicted molar refractivity (Wildman–Crippen MR) is 351 cm³/mol. The Bertz CT molecular complexity index is 1570. The summed E-state index contributed by atoms with van der Waals surface area (Å²) in [7, 11) is 1.14. The van der Waals surface area contributed by atoms with Gasteiger partial charge in [-0.3, -0.25) is 14.2 Å². The number of phosphoric acid groups is 1. The maximum absolute atomic E-state index is 12.8. The Balaban J connectivity index is 3.87. The van der Waals surface area contributed by atoms with Crippen LogP contribution in [0.3, 0.4) is 0 Å². The summed E-state index contributed by atoms with van der Waals surface area (Å²) in [5.41, 5.74) is 0. The minimum atomic E-state index is -4.65. The Labute approximate surface area is 508 Å². The first-order valence-electron chi connectivity index (χ1n) is 35.0. The van der Waals surface area contributed by atoms with Gasteiger partial charge in [0.05, 0.1) is 27.7 Å². The normalized spacial score (nSPS) is 13.5. The number of nitrogens with zero attached hydrogens (tertiary/aromatic N) is 1. The van der Waals surface area contributed by atoms with Crippen LogP contribution in [0, 0.1) is 0 Å². The van der Waals surface area contributed by atoms with Crippen LogP contribution in [0.5, 0.6) is 0 Å². The SMILES string of the molecule is CC/C=C\C/C=C\C/C=C\C/C=C\C/C=C\CCCC(=O)OC(COC(=O)CCCCCCCCCCCCCCCCCCCCCCCCCCCCCCCCCCCCCCCCCCC)COP(=O)([O-])OCC[N+](C)(C)C. The number of ether oxygens (including phenoxy) is 2. The van der Waals surface area contributed by atoms with E-state index in [4.69, 9.17) is 18.5 Å². The fourth-order valence-electron chi connectivity index (χ4n) is 10.2. The van der Waals surface area contributed by atoms with Crippen molar-refractivity contribution < 1.29 is 42.1 Å². The number of quaternary nitrogens is 1. The molecule has 0 N–H and O–H groups in total. The van der Waals surface area contributed by atoms with Crippen LogP contribution in [-0.4, -0.2) is 70.0 Å². The Morgan fingerprint density at radius 2 is 0.695 bits per heavy atom. The molecular formula is C72H134NO8P. The van der Waals surface area contributed by atoms with Gasteiger partial charge < -0.3 is 27.9 Å². The molecule has 0 aliphatic rings.